The Bertz CT molecular complexity index is 298. The van der Waals surface area contributed by atoms with Gasteiger partial charge in [0.05, 0.1) is 0 Å². The van der Waals surface area contributed by atoms with Crippen LogP contribution in [0.2, 0.25) is 0 Å². The molecule has 1 aliphatic rings. The smallest absolute Gasteiger partial charge is 0.313 e. The Morgan fingerprint density at radius 3 is 2.47 bits per heavy atom. The van der Waals surface area contributed by atoms with Gasteiger partial charge in [-0.2, -0.15) is 13.2 Å². The Kier molecular flexibility index (Phi) is 6.33. The van der Waals surface area contributed by atoms with E-state index in [1.54, 1.807) is 0 Å². The zero-order valence-electron chi connectivity index (χ0n) is 12.1. The second-order valence-corrected chi connectivity index (χ2v) is 5.48. The molecule has 19 heavy (non-hydrogen) atoms. The lowest BCUT2D eigenvalue weighted by Gasteiger charge is -2.35. The van der Waals surface area contributed by atoms with E-state index in [0.717, 1.165) is 19.4 Å². The lowest BCUT2D eigenvalue weighted by Crippen LogP contribution is -2.46. The number of rotatable bonds is 6. The molecule has 1 unspecified atom stereocenters. The monoisotopic (exact) mass is 278 g/mol. The SMILES string of the molecule is CCCC(CNC(C)C)N1CC=C(C(F)(F)F)CC1. The molecule has 0 amide bonds. The molecule has 1 rings (SSSR count). The summed E-state index contributed by atoms with van der Waals surface area (Å²) in [5.41, 5.74) is -0.365. The van der Waals surface area contributed by atoms with Crippen molar-refractivity contribution in [2.45, 2.75) is 58.3 Å². The molecule has 0 aromatic rings. The van der Waals surface area contributed by atoms with Gasteiger partial charge in [0.1, 0.15) is 0 Å². The summed E-state index contributed by atoms with van der Waals surface area (Å²) in [6.07, 6.45) is -0.610. The minimum atomic E-state index is -4.15. The van der Waals surface area contributed by atoms with Crippen LogP contribution in [0, 0.1) is 0 Å². The predicted molar refractivity (Wildman–Crippen MR) is 72.2 cm³/mol. The zero-order chi connectivity index (χ0) is 14.5. The lowest BCUT2D eigenvalue weighted by molar-refractivity contribution is -0.0964. The molecule has 0 aliphatic carbocycles. The van der Waals surface area contributed by atoms with Crippen molar-refractivity contribution in [3.63, 3.8) is 0 Å². The van der Waals surface area contributed by atoms with E-state index in [1.807, 2.05) is 0 Å². The van der Waals surface area contributed by atoms with Gasteiger partial charge in [-0.05, 0) is 12.8 Å². The summed E-state index contributed by atoms with van der Waals surface area (Å²) < 4.78 is 37.7. The Hall–Kier alpha value is -0.550. The molecule has 1 heterocycles. The molecule has 0 saturated heterocycles. The molecule has 0 aromatic heterocycles. The standard InChI is InChI=1S/C14H25F3N2/c1-4-5-13(10-18-11(2)3)19-8-6-12(7-9-19)14(15,16)17/h6,11,13,18H,4-5,7-10H2,1-3H3. The summed E-state index contributed by atoms with van der Waals surface area (Å²) in [6.45, 7) is 8.06. The number of alkyl halides is 3. The minimum Gasteiger partial charge on any atom is -0.313 e. The molecule has 112 valence electrons. The molecule has 0 fully saturated rings. The Morgan fingerprint density at radius 1 is 1.37 bits per heavy atom. The Balaban J connectivity index is 2.56. The maximum Gasteiger partial charge on any atom is 0.412 e. The zero-order valence-corrected chi connectivity index (χ0v) is 12.1. The van der Waals surface area contributed by atoms with Crippen molar-refractivity contribution >= 4 is 0 Å². The van der Waals surface area contributed by atoms with E-state index in [4.69, 9.17) is 0 Å². The summed E-state index contributed by atoms with van der Waals surface area (Å²) in [5.74, 6) is 0. The number of hydrogen-bond acceptors (Lipinski definition) is 2. The van der Waals surface area contributed by atoms with Gasteiger partial charge >= 0.3 is 6.18 Å². The summed E-state index contributed by atoms with van der Waals surface area (Å²) in [4.78, 5) is 2.16. The molecule has 0 bridgehead atoms. The topological polar surface area (TPSA) is 15.3 Å². The molecule has 2 nitrogen and oxygen atoms in total. The third kappa shape index (κ3) is 5.53. The maximum absolute atomic E-state index is 12.6. The molecule has 0 spiro atoms. The first-order chi connectivity index (χ1) is 8.84. The van der Waals surface area contributed by atoms with Crippen molar-refractivity contribution in [3.05, 3.63) is 11.6 Å². The second-order valence-electron chi connectivity index (χ2n) is 5.48. The number of nitrogens with zero attached hydrogens (tertiary/aromatic N) is 1. The quantitative estimate of drug-likeness (QED) is 0.750. The van der Waals surface area contributed by atoms with Gasteiger partial charge in [-0.25, -0.2) is 0 Å². The first-order valence-electron chi connectivity index (χ1n) is 7.08. The highest BCUT2D eigenvalue weighted by Crippen LogP contribution is 2.30. The van der Waals surface area contributed by atoms with E-state index >= 15 is 0 Å². The van der Waals surface area contributed by atoms with Crippen LogP contribution in [0.15, 0.2) is 11.6 Å². The van der Waals surface area contributed by atoms with E-state index in [1.165, 1.54) is 6.08 Å². The van der Waals surface area contributed by atoms with Crippen LogP contribution in [0.5, 0.6) is 0 Å². The molecule has 0 radical (unpaired) electrons. The average Bonchev–Trinajstić information content (AvgIpc) is 2.33. The van der Waals surface area contributed by atoms with Gasteiger partial charge < -0.3 is 5.32 Å². The first-order valence-corrected chi connectivity index (χ1v) is 7.08. The van der Waals surface area contributed by atoms with E-state index in [-0.39, 0.29) is 12.0 Å². The van der Waals surface area contributed by atoms with Crippen LogP contribution in [-0.4, -0.2) is 42.8 Å². The summed E-state index contributed by atoms with van der Waals surface area (Å²) in [5, 5.41) is 3.38. The van der Waals surface area contributed by atoms with Gasteiger partial charge in [0.25, 0.3) is 0 Å². The molecule has 1 atom stereocenters. The van der Waals surface area contributed by atoms with Crippen LogP contribution in [0.1, 0.15) is 40.0 Å². The highest BCUT2D eigenvalue weighted by Gasteiger charge is 2.35. The highest BCUT2D eigenvalue weighted by atomic mass is 19.4. The molecule has 0 aromatic carbocycles. The third-order valence-electron chi connectivity index (χ3n) is 3.50. The number of hydrogen-bond donors (Lipinski definition) is 1. The summed E-state index contributed by atoms with van der Waals surface area (Å²) in [6, 6.07) is 0.740. The van der Waals surface area contributed by atoms with Crippen molar-refractivity contribution in [1.29, 1.82) is 0 Å². The van der Waals surface area contributed by atoms with Crippen molar-refractivity contribution in [2.24, 2.45) is 0 Å². The maximum atomic E-state index is 12.6. The fourth-order valence-corrected chi connectivity index (χ4v) is 2.39. The van der Waals surface area contributed by atoms with Crippen molar-refractivity contribution < 1.29 is 13.2 Å². The molecular weight excluding hydrogens is 253 g/mol. The van der Waals surface area contributed by atoms with Gasteiger partial charge in [-0.1, -0.05) is 33.3 Å². The number of nitrogens with one attached hydrogen (secondary N) is 1. The fourth-order valence-electron chi connectivity index (χ4n) is 2.39. The van der Waals surface area contributed by atoms with Gasteiger partial charge in [0.2, 0.25) is 0 Å². The normalized spacial score (nSPS) is 19.6. The molecule has 0 saturated carbocycles. The van der Waals surface area contributed by atoms with Gasteiger partial charge in [0, 0.05) is 37.3 Å². The summed E-state index contributed by atoms with van der Waals surface area (Å²) in [7, 11) is 0. The lowest BCUT2D eigenvalue weighted by atomic mass is 10.0. The van der Waals surface area contributed by atoms with E-state index in [2.05, 4.69) is 31.0 Å². The van der Waals surface area contributed by atoms with Crippen molar-refractivity contribution in [1.82, 2.24) is 10.2 Å². The van der Waals surface area contributed by atoms with Crippen molar-refractivity contribution in [2.75, 3.05) is 19.6 Å². The van der Waals surface area contributed by atoms with Gasteiger partial charge in [0.15, 0.2) is 0 Å². The van der Waals surface area contributed by atoms with Gasteiger partial charge in [-0.15, -0.1) is 0 Å². The average molecular weight is 278 g/mol. The predicted octanol–water partition coefficient (Wildman–Crippen LogP) is 3.35. The highest BCUT2D eigenvalue weighted by molar-refractivity contribution is 5.13. The fraction of sp³-hybridized carbons (Fsp3) is 0.857. The van der Waals surface area contributed by atoms with Crippen LogP contribution >= 0.6 is 0 Å². The van der Waals surface area contributed by atoms with Crippen LogP contribution in [-0.2, 0) is 0 Å². The Morgan fingerprint density at radius 2 is 2.05 bits per heavy atom. The van der Waals surface area contributed by atoms with Crippen LogP contribution in [0.25, 0.3) is 0 Å². The first kappa shape index (κ1) is 16.5. The van der Waals surface area contributed by atoms with E-state index in [9.17, 15) is 13.2 Å². The van der Waals surface area contributed by atoms with Gasteiger partial charge in [-0.3, -0.25) is 4.90 Å². The molecular formula is C14H25F3N2. The molecule has 5 heteroatoms. The van der Waals surface area contributed by atoms with E-state index in [0.29, 0.717) is 25.2 Å². The Labute approximate surface area is 114 Å². The minimum absolute atomic E-state index is 0.116. The summed E-state index contributed by atoms with van der Waals surface area (Å²) >= 11 is 0. The van der Waals surface area contributed by atoms with Crippen LogP contribution in [0.3, 0.4) is 0 Å². The van der Waals surface area contributed by atoms with Crippen LogP contribution < -0.4 is 5.32 Å². The largest absolute Gasteiger partial charge is 0.412 e. The third-order valence-corrected chi connectivity index (χ3v) is 3.50. The second kappa shape index (κ2) is 7.29. The molecule has 1 aliphatic heterocycles. The molecule has 1 N–H and O–H groups in total. The van der Waals surface area contributed by atoms with Crippen molar-refractivity contribution in [3.8, 4) is 0 Å². The van der Waals surface area contributed by atoms with E-state index < -0.39 is 6.18 Å². The van der Waals surface area contributed by atoms with Crippen LogP contribution in [0.4, 0.5) is 13.2 Å². The number of halogens is 3.